The van der Waals surface area contributed by atoms with Gasteiger partial charge in [-0.2, -0.15) is 0 Å². The molecule has 2 aliphatic rings. The zero-order chi connectivity index (χ0) is 18.6. The minimum atomic E-state index is -2.72. The third-order valence-corrected chi connectivity index (χ3v) is 9.83. The van der Waals surface area contributed by atoms with E-state index in [1.165, 1.54) is 0 Å². The molecule has 0 unspecified atom stereocenters. The number of carbonyl (C=O) groups excluding carboxylic acids is 1. The van der Waals surface area contributed by atoms with Crippen LogP contribution < -0.4 is 25.3 Å². The molecule has 0 spiro atoms. The molecule has 3 aromatic carbocycles. The zero-order valence-electron chi connectivity index (χ0n) is 15.2. The van der Waals surface area contributed by atoms with Crippen LogP contribution in [0.4, 0.5) is 10.5 Å². The molecule has 136 valence electrons. The van der Waals surface area contributed by atoms with Gasteiger partial charge < -0.3 is 0 Å². The molecule has 5 heteroatoms. The number of ether oxygens (including phenoxy) is 2. The van der Waals surface area contributed by atoms with Crippen molar-refractivity contribution in [3.63, 3.8) is 0 Å². The summed E-state index contributed by atoms with van der Waals surface area (Å²) < 4.78 is 13.8. The van der Waals surface area contributed by atoms with Crippen LogP contribution in [-0.2, 0) is 4.74 Å². The molecule has 5 rings (SSSR count). The van der Waals surface area contributed by atoms with E-state index in [-0.39, 0.29) is 12.2 Å². The predicted molar refractivity (Wildman–Crippen MR) is 111 cm³/mol. The van der Waals surface area contributed by atoms with E-state index in [4.69, 9.17) is 9.47 Å². The third kappa shape index (κ3) is 2.11. The van der Waals surface area contributed by atoms with Gasteiger partial charge in [0.15, 0.2) is 0 Å². The topological polar surface area (TPSA) is 38.8 Å². The first kappa shape index (κ1) is 16.3. The summed E-state index contributed by atoms with van der Waals surface area (Å²) in [6.45, 7) is 3.76. The number of para-hydroxylation sites is 1. The SMILES string of the molecule is CC(C)OC(=O)N1c2cccc3c2[PH]1(c1ccccc1)c1ccccc1O3. The van der Waals surface area contributed by atoms with E-state index >= 15 is 0 Å². The van der Waals surface area contributed by atoms with Crippen molar-refractivity contribution in [2.45, 2.75) is 20.0 Å². The molecule has 1 amide bonds. The molecule has 0 saturated carbocycles. The molecular weight excluding hydrogens is 357 g/mol. The monoisotopic (exact) mass is 377 g/mol. The fourth-order valence-electron chi connectivity index (χ4n) is 4.22. The van der Waals surface area contributed by atoms with Gasteiger partial charge in [0.1, 0.15) is 0 Å². The van der Waals surface area contributed by atoms with Crippen LogP contribution in [0.15, 0.2) is 72.8 Å². The molecule has 0 radical (unpaired) electrons. The minimum absolute atomic E-state index is 0.179. The maximum absolute atomic E-state index is 13.2. The molecule has 0 atom stereocenters. The van der Waals surface area contributed by atoms with Crippen LogP contribution in [0.25, 0.3) is 0 Å². The van der Waals surface area contributed by atoms with Crippen molar-refractivity contribution in [2.24, 2.45) is 0 Å². The summed E-state index contributed by atoms with van der Waals surface area (Å²) in [6, 6.07) is 24.2. The van der Waals surface area contributed by atoms with E-state index in [2.05, 4.69) is 18.2 Å². The molecule has 0 bridgehead atoms. The maximum atomic E-state index is 13.2. The van der Waals surface area contributed by atoms with Crippen LogP contribution in [-0.4, -0.2) is 12.2 Å². The Hall–Kier alpha value is -2.84. The van der Waals surface area contributed by atoms with Crippen LogP contribution in [0.1, 0.15) is 13.8 Å². The summed E-state index contributed by atoms with van der Waals surface area (Å²) in [5, 5.41) is 3.39. The van der Waals surface area contributed by atoms with Crippen LogP contribution in [0.5, 0.6) is 11.5 Å². The molecule has 0 aromatic heterocycles. The van der Waals surface area contributed by atoms with E-state index in [9.17, 15) is 4.79 Å². The number of nitrogens with zero attached hydrogens (tertiary/aromatic N) is 1. The summed E-state index contributed by atoms with van der Waals surface area (Å²) >= 11 is 0. The van der Waals surface area contributed by atoms with Crippen molar-refractivity contribution in [1.82, 2.24) is 0 Å². The van der Waals surface area contributed by atoms with E-state index in [0.29, 0.717) is 0 Å². The van der Waals surface area contributed by atoms with Crippen molar-refractivity contribution >= 4 is 35.1 Å². The second-order valence-electron chi connectivity index (χ2n) is 7.09. The molecule has 4 nitrogen and oxygen atoms in total. The summed E-state index contributed by atoms with van der Waals surface area (Å²) in [5.41, 5.74) is 0.892. The number of hydrogen-bond donors (Lipinski definition) is 0. The van der Waals surface area contributed by atoms with Gasteiger partial charge in [-0.1, -0.05) is 0 Å². The Bertz CT molecular complexity index is 1050. The van der Waals surface area contributed by atoms with Crippen LogP contribution in [0.3, 0.4) is 0 Å². The first-order chi connectivity index (χ1) is 13.1. The molecular formula is C22H20NO3P. The van der Waals surface area contributed by atoms with E-state index in [1.54, 1.807) is 0 Å². The molecule has 27 heavy (non-hydrogen) atoms. The quantitative estimate of drug-likeness (QED) is 0.631. The average molecular weight is 377 g/mol. The van der Waals surface area contributed by atoms with Gasteiger partial charge in [-0.15, -0.1) is 0 Å². The van der Waals surface area contributed by atoms with Crippen molar-refractivity contribution in [3.8, 4) is 11.5 Å². The Balaban J connectivity index is 1.84. The Morgan fingerprint density at radius 1 is 0.926 bits per heavy atom. The number of anilines is 1. The summed E-state index contributed by atoms with van der Waals surface area (Å²) in [7, 11) is -2.72. The van der Waals surface area contributed by atoms with Gasteiger partial charge in [0, 0.05) is 0 Å². The van der Waals surface area contributed by atoms with E-state index in [1.807, 2.05) is 73.1 Å². The number of rotatable bonds is 2. The number of amides is 1. The van der Waals surface area contributed by atoms with Gasteiger partial charge in [0.2, 0.25) is 0 Å². The van der Waals surface area contributed by atoms with Gasteiger partial charge in [0.05, 0.1) is 0 Å². The predicted octanol–water partition coefficient (Wildman–Crippen LogP) is 4.10. The first-order valence-electron chi connectivity index (χ1n) is 9.11. The van der Waals surface area contributed by atoms with Crippen molar-refractivity contribution in [1.29, 1.82) is 0 Å². The average Bonchev–Trinajstić information content (AvgIpc) is 2.65. The Morgan fingerprint density at radius 2 is 1.63 bits per heavy atom. The van der Waals surface area contributed by atoms with Crippen LogP contribution >= 0.6 is 7.41 Å². The second-order valence-corrected chi connectivity index (χ2v) is 10.6. The first-order valence-corrected chi connectivity index (χ1v) is 11.1. The van der Waals surface area contributed by atoms with Gasteiger partial charge in [-0.05, 0) is 0 Å². The summed E-state index contributed by atoms with van der Waals surface area (Å²) in [4.78, 5) is 13.2. The van der Waals surface area contributed by atoms with Gasteiger partial charge in [0.25, 0.3) is 0 Å². The fourth-order valence-corrected chi connectivity index (χ4v) is 9.08. The number of fused-ring (bicyclic) bond motifs is 2. The normalized spacial score (nSPS) is 16.5. The van der Waals surface area contributed by atoms with Gasteiger partial charge in [-0.25, -0.2) is 0 Å². The van der Waals surface area contributed by atoms with Gasteiger partial charge >= 0.3 is 158 Å². The molecule has 0 saturated heterocycles. The van der Waals surface area contributed by atoms with Crippen molar-refractivity contribution in [3.05, 3.63) is 72.8 Å². The van der Waals surface area contributed by atoms with Gasteiger partial charge in [-0.3, -0.25) is 0 Å². The second kappa shape index (κ2) is 5.83. The van der Waals surface area contributed by atoms with E-state index < -0.39 is 7.41 Å². The molecule has 0 N–H and O–H groups in total. The third-order valence-electron chi connectivity index (χ3n) is 5.15. The molecule has 2 aliphatic heterocycles. The van der Waals surface area contributed by atoms with Crippen LogP contribution in [0, 0.1) is 0 Å². The molecule has 0 fully saturated rings. The standard InChI is InChI=1S/C22H20NO3P/c1-15(2)25-22(24)23-17-11-8-13-19-21(17)27(23,16-9-4-3-5-10-16)20-14-7-6-12-18(20)26-19/h3-15,27H,1-2H3. The molecule has 3 aromatic rings. The Labute approximate surface area is 158 Å². The number of hydrogen-bond acceptors (Lipinski definition) is 3. The zero-order valence-corrected chi connectivity index (χ0v) is 16.2. The van der Waals surface area contributed by atoms with E-state index in [0.717, 1.165) is 33.1 Å². The molecule has 0 aliphatic carbocycles. The molecule has 2 heterocycles. The Morgan fingerprint density at radius 3 is 2.41 bits per heavy atom. The number of benzene rings is 3. The van der Waals surface area contributed by atoms with Crippen molar-refractivity contribution in [2.75, 3.05) is 4.67 Å². The van der Waals surface area contributed by atoms with Crippen LogP contribution in [0.2, 0.25) is 0 Å². The summed E-state index contributed by atoms with van der Waals surface area (Å²) in [5.74, 6) is 1.66. The number of carbonyl (C=O) groups is 1. The Kier molecular flexibility index (Phi) is 3.53. The fraction of sp³-hybridized carbons (Fsp3) is 0.136. The van der Waals surface area contributed by atoms with Crippen molar-refractivity contribution < 1.29 is 14.3 Å². The summed E-state index contributed by atoms with van der Waals surface area (Å²) in [6.07, 6.45) is -0.469.